The first kappa shape index (κ1) is 12.3. The second-order valence-electron chi connectivity index (χ2n) is 4.49. The monoisotopic (exact) mass is 250 g/mol. The van der Waals surface area contributed by atoms with Crippen LogP contribution in [-0.4, -0.2) is 14.8 Å². The van der Waals surface area contributed by atoms with Gasteiger partial charge in [-0.2, -0.15) is 5.10 Å². The first-order valence-electron chi connectivity index (χ1n) is 5.77. The van der Waals surface area contributed by atoms with Gasteiger partial charge in [0, 0.05) is 23.4 Å². The zero-order valence-corrected chi connectivity index (χ0v) is 11.2. The molecule has 17 heavy (non-hydrogen) atoms. The summed E-state index contributed by atoms with van der Waals surface area (Å²) in [5, 5.41) is 6.31. The summed E-state index contributed by atoms with van der Waals surface area (Å²) in [6.07, 6.45) is 2.34. The fourth-order valence-electron chi connectivity index (χ4n) is 1.91. The molecule has 0 saturated heterocycles. The van der Waals surface area contributed by atoms with E-state index in [9.17, 15) is 0 Å². The highest BCUT2D eigenvalue weighted by molar-refractivity contribution is 7.10. The summed E-state index contributed by atoms with van der Waals surface area (Å²) in [6.45, 7) is 6.29. The molecule has 2 heterocycles. The minimum absolute atomic E-state index is 0.0108. The average molecular weight is 250 g/mol. The molecule has 0 amide bonds. The van der Waals surface area contributed by atoms with Crippen LogP contribution in [0, 0.1) is 6.92 Å². The molecule has 0 radical (unpaired) electrons. The van der Waals surface area contributed by atoms with Crippen molar-refractivity contribution in [3.05, 3.63) is 34.0 Å². The van der Waals surface area contributed by atoms with Crippen molar-refractivity contribution in [2.75, 3.05) is 0 Å². The quantitative estimate of drug-likeness (QED) is 0.907. The molecule has 0 saturated carbocycles. The first-order valence-corrected chi connectivity index (χ1v) is 6.65. The van der Waals surface area contributed by atoms with Gasteiger partial charge in [0.1, 0.15) is 12.2 Å². The summed E-state index contributed by atoms with van der Waals surface area (Å²) in [5.41, 5.74) is 7.49. The van der Waals surface area contributed by atoms with Crippen LogP contribution >= 0.6 is 11.3 Å². The standard InChI is InChI=1S/C12H18N4S/c1-8(2)16-11(14-7-15-16)6-10(13)12-9(3)4-5-17-12/h4-5,7-8,10H,6,13H2,1-3H3. The fourth-order valence-corrected chi connectivity index (χ4v) is 2.84. The van der Waals surface area contributed by atoms with Crippen molar-refractivity contribution in [3.63, 3.8) is 0 Å². The Balaban J connectivity index is 2.16. The summed E-state index contributed by atoms with van der Waals surface area (Å²) in [6, 6.07) is 2.44. The Morgan fingerprint density at radius 3 is 2.82 bits per heavy atom. The third-order valence-corrected chi connectivity index (χ3v) is 3.93. The SMILES string of the molecule is Cc1ccsc1C(N)Cc1ncnn1C(C)C. The van der Waals surface area contributed by atoms with Crippen LogP contribution < -0.4 is 5.73 Å². The predicted molar refractivity (Wildman–Crippen MR) is 70.1 cm³/mol. The maximum absolute atomic E-state index is 6.23. The number of nitrogens with zero attached hydrogens (tertiary/aromatic N) is 3. The van der Waals surface area contributed by atoms with E-state index in [4.69, 9.17) is 5.73 Å². The molecule has 92 valence electrons. The van der Waals surface area contributed by atoms with Crippen LogP contribution in [0.1, 0.15) is 42.2 Å². The van der Waals surface area contributed by atoms with Gasteiger partial charge >= 0.3 is 0 Å². The molecule has 1 atom stereocenters. The maximum atomic E-state index is 6.23. The Morgan fingerprint density at radius 1 is 1.47 bits per heavy atom. The molecule has 0 aliphatic heterocycles. The smallest absolute Gasteiger partial charge is 0.138 e. The number of aromatic nitrogens is 3. The first-order chi connectivity index (χ1) is 8.09. The highest BCUT2D eigenvalue weighted by atomic mass is 32.1. The van der Waals surface area contributed by atoms with Crippen molar-refractivity contribution >= 4 is 11.3 Å². The number of hydrogen-bond donors (Lipinski definition) is 1. The van der Waals surface area contributed by atoms with Crippen molar-refractivity contribution < 1.29 is 0 Å². The van der Waals surface area contributed by atoms with Gasteiger partial charge in [-0.1, -0.05) is 0 Å². The van der Waals surface area contributed by atoms with Gasteiger partial charge in [0.05, 0.1) is 0 Å². The van der Waals surface area contributed by atoms with E-state index < -0.39 is 0 Å². The van der Waals surface area contributed by atoms with Gasteiger partial charge in [0.25, 0.3) is 0 Å². The average Bonchev–Trinajstić information content (AvgIpc) is 2.86. The Hall–Kier alpha value is -1.20. The van der Waals surface area contributed by atoms with E-state index in [1.54, 1.807) is 17.7 Å². The Kier molecular flexibility index (Phi) is 3.59. The third-order valence-electron chi connectivity index (χ3n) is 2.78. The number of rotatable bonds is 4. The fraction of sp³-hybridized carbons (Fsp3) is 0.500. The number of thiophene rings is 1. The molecule has 0 aromatic carbocycles. The van der Waals surface area contributed by atoms with Crippen LogP contribution in [0.3, 0.4) is 0 Å². The number of nitrogens with two attached hydrogens (primary N) is 1. The minimum atomic E-state index is 0.0108. The van der Waals surface area contributed by atoms with Crippen LogP contribution in [0.25, 0.3) is 0 Å². The molecule has 0 fully saturated rings. The minimum Gasteiger partial charge on any atom is -0.323 e. The van der Waals surface area contributed by atoms with Crippen molar-refractivity contribution in [2.45, 2.75) is 39.3 Å². The second kappa shape index (κ2) is 4.98. The largest absolute Gasteiger partial charge is 0.323 e. The summed E-state index contributed by atoms with van der Waals surface area (Å²) in [7, 11) is 0. The highest BCUT2D eigenvalue weighted by Gasteiger charge is 2.15. The Morgan fingerprint density at radius 2 is 2.24 bits per heavy atom. The van der Waals surface area contributed by atoms with E-state index in [0.29, 0.717) is 6.04 Å². The van der Waals surface area contributed by atoms with Crippen molar-refractivity contribution in [1.29, 1.82) is 0 Å². The van der Waals surface area contributed by atoms with Crippen molar-refractivity contribution in [1.82, 2.24) is 14.8 Å². The Bertz CT molecular complexity index is 486. The van der Waals surface area contributed by atoms with Gasteiger partial charge in [-0.15, -0.1) is 11.3 Å². The van der Waals surface area contributed by atoms with Gasteiger partial charge in [-0.3, -0.25) is 0 Å². The van der Waals surface area contributed by atoms with E-state index in [-0.39, 0.29) is 6.04 Å². The zero-order chi connectivity index (χ0) is 12.4. The molecule has 1 unspecified atom stereocenters. The summed E-state index contributed by atoms with van der Waals surface area (Å²) in [5.74, 6) is 0.959. The molecule has 4 nitrogen and oxygen atoms in total. The van der Waals surface area contributed by atoms with Gasteiger partial charge in [0.2, 0.25) is 0 Å². The lowest BCUT2D eigenvalue weighted by molar-refractivity contribution is 0.494. The van der Waals surface area contributed by atoms with Crippen LogP contribution in [0.2, 0.25) is 0 Å². The topological polar surface area (TPSA) is 56.7 Å². The van der Waals surface area contributed by atoms with Gasteiger partial charge in [-0.25, -0.2) is 9.67 Å². The summed E-state index contributed by atoms with van der Waals surface area (Å²) in [4.78, 5) is 5.53. The van der Waals surface area contributed by atoms with Crippen molar-refractivity contribution in [2.24, 2.45) is 5.73 Å². The summed E-state index contributed by atoms with van der Waals surface area (Å²) >= 11 is 1.71. The zero-order valence-electron chi connectivity index (χ0n) is 10.4. The molecule has 0 spiro atoms. The predicted octanol–water partition coefficient (Wildman–Crippen LogP) is 2.47. The molecular weight excluding hydrogens is 232 g/mol. The van der Waals surface area contributed by atoms with Gasteiger partial charge < -0.3 is 5.73 Å². The number of aryl methyl sites for hydroxylation is 1. The van der Waals surface area contributed by atoms with E-state index >= 15 is 0 Å². The van der Waals surface area contributed by atoms with E-state index in [1.807, 2.05) is 4.68 Å². The lowest BCUT2D eigenvalue weighted by atomic mass is 10.1. The lowest BCUT2D eigenvalue weighted by Crippen LogP contribution is -2.17. The molecule has 0 bridgehead atoms. The highest BCUT2D eigenvalue weighted by Crippen LogP contribution is 2.24. The normalized spacial score (nSPS) is 13.2. The van der Waals surface area contributed by atoms with Crippen molar-refractivity contribution in [3.8, 4) is 0 Å². The van der Waals surface area contributed by atoms with E-state index in [2.05, 4.69) is 42.3 Å². The van der Waals surface area contributed by atoms with Crippen LogP contribution in [0.15, 0.2) is 17.8 Å². The summed E-state index contributed by atoms with van der Waals surface area (Å²) < 4.78 is 1.93. The van der Waals surface area contributed by atoms with Gasteiger partial charge in [0.15, 0.2) is 0 Å². The molecule has 2 N–H and O–H groups in total. The lowest BCUT2D eigenvalue weighted by Gasteiger charge is -2.13. The van der Waals surface area contributed by atoms with Crippen LogP contribution in [-0.2, 0) is 6.42 Å². The molecular formula is C12H18N4S. The number of hydrogen-bond acceptors (Lipinski definition) is 4. The van der Waals surface area contributed by atoms with Crippen LogP contribution in [0.5, 0.6) is 0 Å². The molecule has 2 aromatic heterocycles. The third kappa shape index (κ3) is 2.56. The molecule has 2 aromatic rings. The second-order valence-corrected chi connectivity index (χ2v) is 5.44. The molecule has 5 heteroatoms. The molecule has 2 rings (SSSR count). The maximum Gasteiger partial charge on any atom is 0.138 e. The Labute approximate surface area is 105 Å². The molecule has 0 aliphatic carbocycles. The van der Waals surface area contributed by atoms with E-state index in [1.165, 1.54) is 10.4 Å². The van der Waals surface area contributed by atoms with Gasteiger partial charge in [-0.05, 0) is 37.8 Å². The molecule has 0 aliphatic rings. The van der Waals surface area contributed by atoms with E-state index in [0.717, 1.165) is 12.2 Å². The van der Waals surface area contributed by atoms with Crippen LogP contribution in [0.4, 0.5) is 0 Å².